The molecule has 6 heteroatoms. The Balaban J connectivity index is 3.30. The van der Waals surface area contributed by atoms with Crippen LogP contribution < -0.4 is 5.32 Å². The number of esters is 1. The van der Waals surface area contributed by atoms with E-state index in [0.29, 0.717) is 19.4 Å². The van der Waals surface area contributed by atoms with Crippen LogP contribution in [0, 0.1) is 0 Å². The van der Waals surface area contributed by atoms with Gasteiger partial charge in [0.25, 0.3) is 0 Å². The number of aliphatic hydroxyl groups is 2. The van der Waals surface area contributed by atoms with Crippen molar-refractivity contribution in [1.29, 1.82) is 0 Å². The zero-order valence-electron chi connectivity index (χ0n) is 52.7. The van der Waals surface area contributed by atoms with E-state index in [1.165, 1.54) is 315 Å². The minimum Gasteiger partial charge on any atom is -0.466 e. The maximum absolute atomic E-state index is 12.4. The molecule has 0 aromatic heterocycles. The first kappa shape index (κ1) is 76.1. The van der Waals surface area contributed by atoms with Gasteiger partial charge in [0.1, 0.15) is 0 Å². The number of ether oxygens (including phenoxy) is 1. The number of carbonyl (C=O) groups is 2. The SMILES string of the molecule is CCCCCC/C=C\CCCCCCCC(=O)OCCCCCCCCCCCCCCCCCCCC/C=C\CCCCCCCCCCCCCCCCCCCC(=O)NC(CO)C(O)/C=C/CCCCCCCCC. The van der Waals surface area contributed by atoms with Gasteiger partial charge in [-0.25, -0.2) is 0 Å². The molecule has 2 atom stereocenters. The largest absolute Gasteiger partial charge is 0.466 e. The lowest BCUT2D eigenvalue weighted by molar-refractivity contribution is -0.143. The molecule has 78 heavy (non-hydrogen) atoms. The van der Waals surface area contributed by atoms with E-state index in [1.807, 2.05) is 6.08 Å². The van der Waals surface area contributed by atoms with Gasteiger partial charge < -0.3 is 20.3 Å². The molecular formula is C72H137NO5. The minimum absolute atomic E-state index is 0.0131. The molecule has 0 saturated carbocycles. The van der Waals surface area contributed by atoms with Crippen LogP contribution in [-0.4, -0.2) is 47.4 Å². The smallest absolute Gasteiger partial charge is 0.305 e. The van der Waals surface area contributed by atoms with Gasteiger partial charge in [0.15, 0.2) is 0 Å². The Morgan fingerprint density at radius 2 is 0.603 bits per heavy atom. The highest BCUT2D eigenvalue weighted by Crippen LogP contribution is 2.18. The fourth-order valence-electron chi connectivity index (χ4n) is 11.0. The van der Waals surface area contributed by atoms with Crippen molar-refractivity contribution in [2.24, 2.45) is 0 Å². The quantitative estimate of drug-likeness (QED) is 0.0320. The Hall–Kier alpha value is -1.92. The standard InChI is InChI=1S/C72H137NO5/c1-3-5-7-9-11-13-14-42-46-50-54-58-62-66-72(77)78-67-63-59-55-51-47-44-41-39-37-35-33-31-29-27-25-23-21-19-17-15-16-18-20-22-24-26-28-30-32-34-36-38-40-43-45-49-53-57-61-65-71(76)73-69(68-74)70(75)64-60-56-52-48-12-10-8-6-4-2/h13-16,60,64,69-70,74-75H,3-12,17-59,61-63,65-68H2,1-2H3,(H,73,76)/b14-13-,16-15-,64-60+. The van der Waals surface area contributed by atoms with E-state index in [2.05, 4.69) is 43.5 Å². The van der Waals surface area contributed by atoms with Crippen molar-refractivity contribution in [3.8, 4) is 0 Å². The van der Waals surface area contributed by atoms with Crippen molar-refractivity contribution in [1.82, 2.24) is 5.32 Å². The molecule has 0 aliphatic carbocycles. The van der Waals surface area contributed by atoms with Crippen molar-refractivity contribution in [3.05, 3.63) is 36.5 Å². The molecule has 0 aromatic rings. The molecule has 460 valence electrons. The highest BCUT2D eigenvalue weighted by atomic mass is 16.5. The first-order valence-corrected chi connectivity index (χ1v) is 35.3. The zero-order valence-corrected chi connectivity index (χ0v) is 52.7. The van der Waals surface area contributed by atoms with Gasteiger partial charge in [0, 0.05) is 12.8 Å². The van der Waals surface area contributed by atoms with Crippen LogP contribution >= 0.6 is 0 Å². The van der Waals surface area contributed by atoms with Gasteiger partial charge in [0.05, 0.1) is 25.4 Å². The van der Waals surface area contributed by atoms with Crippen LogP contribution in [0.1, 0.15) is 386 Å². The van der Waals surface area contributed by atoms with Crippen LogP contribution in [0.25, 0.3) is 0 Å². The summed E-state index contributed by atoms with van der Waals surface area (Å²) in [6, 6.07) is -0.622. The number of amides is 1. The minimum atomic E-state index is -0.839. The Kier molecular flexibility index (Phi) is 65.9. The molecule has 2 unspecified atom stereocenters. The summed E-state index contributed by atoms with van der Waals surface area (Å²) in [6.45, 7) is 4.88. The van der Waals surface area contributed by atoms with Gasteiger partial charge in [-0.1, -0.05) is 326 Å². The molecule has 3 N–H and O–H groups in total. The van der Waals surface area contributed by atoms with E-state index in [1.54, 1.807) is 6.08 Å². The molecule has 0 aromatic carbocycles. The maximum Gasteiger partial charge on any atom is 0.305 e. The van der Waals surface area contributed by atoms with Crippen LogP contribution in [0.3, 0.4) is 0 Å². The monoisotopic (exact) mass is 1100 g/mol. The molecule has 0 radical (unpaired) electrons. The Morgan fingerprint density at radius 3 is 0.923 bits per heavy atom. The molecule has 0 saturated heterocycles. The molecule has 0 fully saturated rings. The highest BCUT2D eigenvalue weighted by molar-refractivity contribution is 5.76. The Labute approximate surface area is 487 Å². The summed E-state index contributed by atoms with van der Waals surface area (Å²) < 4.78 is 5.48. The summed E-state index contributed by atoms with van der Waals surface area (Å²) >= 11 is 0. The number of carbonyl (C=O) groups excluding carboxylic acids is 2. The van der Waals surface area contributed by atoms with E-state index >= 15 is 0 Å². The first-order valence-electron chi connectivity index (χ1n) is 35.3. The summed E-state index contributed by atoms with van der Waals surface area (Å²) in [5, 5.41) is 23.0. The third-order valence-corrected chi connectivity index (χ3v) is 16.4. The van der Waals surface area contributed by atoms with E-state index in [9.17, 15) is 19.8 Å². The van der Waals surface area contributed by atoms with Crippen molar-refractivity contribution in [3.63, 3.8) is 0 Å². The molecule has 0 bridgehead atoms. The van der Waals surface area contributed by atoms with Crippen LogP contribution in [0.15, 0.2) is 36.5 Å². The molecule has 1 amide bonds. The van der Waals surface area contributed by atoms with Crippen molar-refractivity contribution >= 4 is 11.9 Å². The van der Waals surface area contributed by atoms with E-state index in [4.69, 9.17) is 4.74 Å². The second-order valence-electron chi connectivity index (χ2n) is 24.2. The van der Waals surface area contributed by atoms with Gasteiger partial charge >= 0.3 is 5.97 Å². The Bertz CT molecular complexity index is 1260. The van der Waals surface area contributed by atoms with Crippen molar-refractivity contribution in [2.75, 3.05) is 13.2 Å². The molecule has 0 heterocycles. The third-order valence-electron chi connectivity index (χ3n) is 16.4. The van der Waals surface area contributed by atoms with E-state index < -0.39 is 12.1 Å². The molecular weight excluding hydrogens is 959 g/mol. The van der Waals surface area contributed by atoms with Gasteiger partial charge in [0.2, 0.25) is 5.91 Å². The van der Waals surface area contributed by atoms with Crippen LogP contribution in [0.4, 0.5) is 0 Å². The zero-order chi connectivity index (χ0) is 56.4. The molecule has 6 nitrogen and oxygen atoms in total. The van der Waals surface area contributed by atoms with Crippen LogP contribution in [0.2, 0.25) is 0 Å². The number of allylic oxidation sites excluding steroid dienone is 5. The highest BCUT2D eigenvalue weighted by Gasteiger charge is 2.18. The second-order valence-corrected chi connectivity index (χ2v) is 24.2. The summed E-state index contributed by atoms with van der Waals surface area (Å²) in [6.07, 6.45) is 86.9. The lowest BCUT2D eigenvalue weighted by Crippen LogP contribution is -2.45. The van der Waals surface area contributed by atoms with Gasteiger partial charge in [-0.05, 0) is 83.5 Å². The first-order chi connectivity index (χ1) is 38.5. The topological polar surface area (TPSA) is 95.9 Å². The normalized spacial score (nSPS) is 12.7. The average molecular weight is 1100 g/mol. The number of hydrogen-bond acceptors (Lipinski definition) is 5. The van der Waals surface area contributed by atoms with Gasteiger partial charge in [-0.15, -0.1) is 0 Å². The number of aliphatic hydroxyl groups excluding tert-OH is 2. The molecule has 0 spiro atoms. The van der Waals surface area contributed by atoms with E-state index in [0.717, 1.165) is 44.9 Å². The molecule has 0 rings (SSSR count). The number of hydrogen-bond donors (Lipinski definition) is 3. The number of rotatable bonds is 66. The number of unbranched alkanes of at least 4 members (excludes halogenated alkanes) is 51. The average Bonchev–Trinajstić information content (AvgIpc) is 3.44. The fourth-order valence-corrected chi connectivity index (χ4v) is 11.0. The van der Waals surface area contributed by atoms with Crippen molar-refractivity contribution in [2.45, 2.75) is 398 Å². The summed E-state index contributed by atoms with van der Waals surface area (Å²) in [4.78, 5) is 24.4. The fraction of sp³-hybridized carbons (Fsp3) is 0.889. The predicted molar refractivity (Wildman–Crippen MR) is 343 cm³/mol. The predicted octanol–water partition coefficient (Wildman–Crippen LogP) is 22.7. The van der Waals surface area contributed by atoms with Crippen LogP contribution in [0.5, 0.6) is 0 Å². The maximum atomic E-state index is 12.4. The summed E-state index contributed by atoms with van der Waals surface area (Å²) in [5.74, 6) is -0.0520. The van der Waals surface area contributed by atoms with Crippen molar-refractivity contribution < 1.29 is 24.5 Å². The third kappa shape index (κ3) is 63.3. The molecule has 0 aliphatic heterocycles. The molecule has 0 aliphatic rings. The van der Waals surface area contributed by atoms with E-state index in [-0.39, 0.29) is 18.5 Å². The van der Waals surface area contributed by atoms with Crippen LogP contribution in [-0.2, 0) is 14.3 Å². The number of nitrogens with one attached hydrogen (secondary N) is 1. The van der Waals surface area contributed by atoms with Gasteiger partial charge in [-0.3, -0.25) is 9.59 Å². The lowest BCUT2D eigenvalue weighted by Gasteiger charge is -2.20. The van der Waals surface area contributed by atoms with Gasteiger partial charge in [-0.2, -0.15) is 0 Å². The summed E-state index contributed by atoms with van der Waals surface area (Å²) in [5.41, 5.74) is 0. The lowest BCUT2D eigenvalue weighted by atomic mass is 10.0. The Morgan fingerprint density at radius 1 is 0.346 bits per heavy atom. The second kappa shape index (κ2) is 67.6. The summed E-state index contributed by atoms with van der Waals surface area (Å²) in [7, 11) is 0.